The molecule has 128 valence electrons. The maximum absolute atomic E-state index is 10.2. The summed E-state index contributed by atoms with van der Waals surface area (Å²) >= 11 is 0. The van der Waals surface area contributed by atoms with E-state index >= 15 is 0 Å². The molecular weight excluding hydrogens is 310 g/mol. The highest BCUT2D eigenvalue weighted by Crippen LogP contribution is 2.52. The number of hydrogen-bond acceptors (Lipinski definition) is 3. The van der Waals surface area contributed by atoms with Crippen LogP contribution in [0, 0.1) is 17.2 Å². The van der Waals surface area contributed by atoms with Gasteiger partial charge in [0.05, 0.1) is 12.5 Å². The van der Waals surface area contributed by atoms with E-state index in [0.717, 1.165) is 18.4 Å². The Balaban J connectivity index is 1.82. The van der Waals surface area contributed by atoms with Crippen molar-refractivity contribution in [2.45, 2.75) is 50.4 Å². The number of benzene rings is 2. The van der Waals surface area contributed by atoms with Gasteiger partial charge in [0.1, 0.15) is 11.5 Å². The van der Waals surface area contributed by atoms with Crippen LogP contribution in [0.4, 0.5) is 0 Å². The molecule has 3 heteroatoms. The third kappa shape index (κ3) is 2.87. The lowest BCUT2D eigenvalue weighted by atomic mass is 9.61. The second kappa shape index (κ2) is 6.44. The van der Waals surface area contributed by atoms with Gasteiger partial charge in [-0.15, -0.1) is 0 Å². The Labute approximate surface area is 148 Å². The van der Waals surface area contributed by atoms with Gasteiger partial charge < -0.3 is 10.2 Å². The Morgan fingerprint density at radius 2 is 1.72 bits per heavy atom. The fourth-order valence-corrected chi connectivity index (χ4v) is 5.05. The molecule has 1 saturated carbocycles. The minimum Gasteiger partial charge on any atom is -0.508 e. The molecule has 2 aliphatic rings. The van der Waals surface area contributed by atoms with E-state index in [1.165, 1.54) is 36.0 Å². The number of rotatable bonds is 2. The van der Waals surface area contributed by atoms with Crippen LogP contribution in [0.5, 0.6) is 11.5 Å². The number of phenolic OH excluding ortho intramolecular Hbond substituents is 2. The molecule has 0 unspecified atom stereocenters. The molecule has 4 rings (SSSR count). The van der Waals surface area contributed by atoms with E-state index in [0.29, 0.717) is 29.9 Å². The molecule has 2 aliphatic carbocycles. The van der Waals surface area contributed by atoms with Gasteiger partial charge in [-0.2, -0.15) is 5.26 Å². The zero-order valence-electron chi connectivity index (χ0n) is 14.3. The summed E-state index contributed by atoms with van der Waals surface area (Å²) in [4.78, 5) is 0. The van der Waals surface area contributed by atoms with E-state index in [4.69, 9.17) is 0 Å². The highest BCUT2D eigenvalue weighted by Gasteiger charge is 2.39. The van der Waals surface area contributed by atoms with Crippen molar-refractivity contribution < 1.29 is 10.2 Å². The average Bonchev–Trinajstić information content (AvgIpc) is 2.62. The maximum Gasteiger partial charge on any atom is 0.116 e. The van der Waals surface area contributed by atoms with Gasteiger partial charge in [-0.25, -0.2) is 0 Å². The van der Waals surface area contributed by atoms with Crippen molar-refractivity contribution in [1.29, 1.82) is 5.26 Å². The van der Waals surface area contributed by atoms with Gasteiger partial charge in [0.2, 0.25) is 0 Å². The lowest BCUT2D eigenvalue weighted by Gasteiger charge is -2.43. The van der Waals surface area contributed by atoms with Crippen LogP contribution in [0.1, 0.15) is 59.8 Å². The van der Waals surface area contributed by atoms with Crippen LogP contribution in [-0.2, 0) is 12.8 Å². The van der Waals surface area contributed by atoms with Gasteiger partial charge in [-0.1, -0.05) is 25.0 Å². The second-order valence-corrected chi connectivity index (χ2v) is 7.46. The minimum absolute atomic E-state index is 0.288. The molecule has 25 heavy (non-hydrogen) atoms. The molecule has 0 spiro atoms. The number of fused-ring (bicyclic) bond motifs is 3. The van der Waals surface area contributed by atoms with Crippen LogP contribution >= 0.6 is 0 Å². The zero-order valence-corrected chi connectivity index (χ0v) is 14.3. The maximum atomic E-state index is 10.2. The lowest BCUT2D eigenvalue weighted by Crippen LogP contribution is -2.31. The van der Waals surface area contributed by atoms with E-state index in [9.17, 15) is 15.5 Å². The van der Waals surface area contributed by atoms with E-state index in [-0.39, 0.29) is 5.75 Å². The van der Waals surface area contributed by atoms with Gasteiger partial charge in [-0.05, 0) is 83.5 Å². The normalized spacial score (nSPS) is 24.8. The minimum atomic E-state index is 0.288. The zero-order chi connectivity index (χ0) is 17.4. The van der Waals surface area contributed by atoms with Gasteiger partial charge in [0, 0.05) is 0 Å². The first-order valence-electron chi connectivity index (χ1n) is 9.18. The number of nitrogens with zero attached hydrogens (tertiary/aromatic N) is 1. The summed E-state index contributed by atoms with van der Waals surface area (Å²) < 4.78 is 0. The standard InChI is InChI=1S/C22H23NO2/c23-10-9-15-11-17(25)12-22-19-4-2-1-3-18(19)20(13-21(15)22)14-5-7-16(24)8-6-14/h5-8,11-12,18-20,24-25H,1-4,9,13H2/t18-,19+,20-/m0/s1. The average molecular weight is 333 g/mol. The van der Waals surface area contributed by atoms with Gasteiger partial charge >= 0.3 is 0 Å². The predicted octanol–water partition coefficient (Wildman–Crippen LogP) is 4.78. The molecule has 0 bridgehead atoms. The Morgan fingerprint density at radius 1 is 0.960 bits per heavy atom. The summed E-state index contributed by atoms with van der Waals surface area (Å²) in [6.07, 6.45) is 6.11. The SMILES string of the molecule is N#CCc1cc(O)cc2c1C[C@@H](c1ccc(O)cc1)[C@H]1CCCC[C@@H]21. The largest absolute Gasteiger partial charge is 0.508 e. The van der Waals surface area contributed by atoms with Crippen LogP contribution in [0.3, 0.4) is 0 Å². The fourth-order valence-electron chi connectivity index (χ4n) is 5.05. The van der Waals surface area contributed by atoms with Crippen molar-refractivity contribution in [3.63, 3.8) is 0 Å². The highest BCUT2D eigenvalue weighted by atomic mass is 16.3. The summed E-state index contributed by atoms with van der Waals surface area (Å²) in [7, 11) is 0. The molecule has 0 amide bonds. The predicted molar refractivity (Wildman–Crippen MR) is 96.7 cm³/mol. The Hall–Kier alpha value is -2.47. The van der Waals surface area contributed by atoms with Crippen molar-refractivity contribution in [1.82, 2.24) is 0 Å². The molecule has 2 aromatic rings. The molecule has 0 heterocycles. The topological polar surface area (TPSA) is 64.2 Å². The van der Waals surface area contributed by atoms with Crippen LogP contribution in [0.25, 0.3) is 0 Å². The molecule has 2 N–H and O–H groups in total. The van der Waals surface area contributed by atoms with Crippen molar-refractivity contribution in [2.24, 2.45) is 5.92 Å². The van der Waals surface area contributed by atoms with Crippen LogP contribution in [0.15, 0.2) is 36.4 Å². The summed E-state index contributed by atoms with van der Waals surface area (Å²) in [6.45, 7) is 0. The van der Waals surface area contributed by atoms with E-state index < -0.39 is 0 Å². The fraction of sp³-hybridized carbons (Fsp3) is 0.409. The number of hydrogen-bond donors (Lipinski definition) is 2. The Kier molecular flexibility index (Phi) is 4.13. The van der Waals surface area contributed by atoms with Crippen LogP contribution < -0.4 is 0 Å². The van der Waals surface area contributed by atoms with Crippen molar-refractivity contribution in [3.05, 3.63) is 58.7 Å². The monoisotopic (exact) mass is 333 g/mol. The number of aromatic hydroxyl groups is 2. The van der Waals surface area contributed by atoms with E-state index in [1.807, 2.05) is 18.2 Å². The number of nitriles is 1. The molecular formula is C22H23NO2. The molecule has 3 nitrogen and oxygen atoms in total. The van der Waals surface area contributed by atoms with Gasteiger partial charge in [-0.3, -0.25) is 0 Å². The van der Waals surface area contributed by atoms with Crippen molar-refractivity contribution in [2.75, 3.05) is 0 Å². The Bertz CT molecular complexity index is 819. The Morgan fingerprint density at radius 3 is 2.48 bits per heavy atom. The summed E-state index contributed by atoms with van der Waals surface area (Å²) in [5.41, 5.74) is 4.78. The summed E-state index contributed by atoms with van der Waals surface area (Å²) in [5.74, 6) is 2.04. The van der Waals surface area contributed by atoms with Crippen molar-refractivity contribution >= 4 is 0 Å². The van der Waals surface area contributed by atoms with Gasteiger partial charge in [0.15, 0.2) is 0 Å². The first kappa shape index (κ1) is 16.0. The lowest BCUT2D eigenvalue weighted by molar-refractivity contribution is 0.242. The van der Waals surface area contributed by atoms with Gasteiger partial charge in [0.25, 0.3) is 0 Å². The van der Waals surface area contributed by atoms with Crippen LogP contribution in [0.2, 0.25) is 0 Å². The third-order valence-electron chi connectivity index (χ3n) is 6.11. The first-order chi connectivity index (χ1) is 12.2. The van der Waals surface area contributed by atoms with E-state index in [2.05, 4.69) is 6.07 Å². The number of phenols is 2. The third-order valence-corrected chi connectivity index (χ3v) is 6.11. The van der Waals surface area contributed by atoms with Crippen molar-refractivity contribution in [3.8, 4) is 17.6 Å². The highest BCUT2D eigenvalue weighted by molar-refractivity contribution is 5.48. The molecule has 0 saturated heterocycles. The molecule has 2 aromatic carbocycles. The molecule has 0 radical (unpaired) electrons. The van der Waals surface area contributed by atoms with Crippen LogP contribution in [-0.4, -0.2) is 10.2 Å². The van der Waals surface area contributed by atoms with E-state index in [1.54, 1.807) is 18.2 Å². The smallest absolute Gasteiger partial charge is 0.116 e. The molecule has 0 aliphatic heterocycles. The quantitative estimate of drug-likeness (QED) is 0.831. The molecule has 1 fully saturated rings. The molecule has 0 aromatic heterocycles. The molecule has 3 atom stereocenters. The summed E-state index contributed by atoms with van der Waals surface area (Å²) in [5, 5.41) is 29.0. The first-order valence-corrected chi connectivity index (χ1v) is 9.18. The second-order valence-electron chi connectivity index (χ2n) is 7.46. The summed E-state index contributed by atoms with van der Waals surface area (Å²) in [6, 6.07) is 13.6.